The molecule has 0 aliphatic carbocycles. The van der Waals surface area contributed by atoms with Gasteiger partial charge in [0.1, 0.15) is 11.9 Å². The average Bonchev–Trinajstić information content (AvgIpc) is 2.80. The maximum absolute atomic E-state index is 9.16. The van der Waals surface area contributed by atoms with Crippen LogP contribution in [-0.4, -0.2) is 11.5 Å². The first-order valence-corrected chi connectivity index (χ1v) is 7.38. The third-order valence-corrected chi connectivity index (χ3v) is 4.34. The number of halogens is 2. The topological polar surface area (TPSA) is 51.6 Å². The van der Waals surface area contributed by atoms with Gasteiger partial charge in [-0.2, -0.15) is 5.26 Å². The van der Waals surface area contributed by atoms with Gasteiger partial charge >= 0.3 is 0 Å². The van der Waals surface area contributed by atoms with E-state index in [9.17, 15) is 0 Å². The third-order valence-electron chi connectivity index (χ3n) is 3.60. The summed E-state index contributed by atoms with van der Waals surface area (Å²) in [6, 6.07) is 7.87. The molecule has 3 nitrogen and oxygen atoms in total. The lowest BCUT2D eigenvalue weighted by Gasteiger charge is -2.26. The maximum Gasteiger partial charge on any atom is 0.121 e. The lowest BCUT2D eigenvalue weighted by molar-refractivity contribution is 0.556. The molecule has 0 aliphatic heterocycles. The minimum Gasteiger partial charge on any atom is -0.370 e. The first-order valence-electron chi connectivity index (χ1n) is 6.62. The van der Waals surface area contributed by atoms with Crippen LogP contribution in [0.25, 0.3) is 0 Å². The largest absolute Gasteiger partial charge is 0.370 e. The van der Waals surface area contributed by atoms with E-state index in [0.29, 0.717) is 22.2 Å². The summed E-state index contributed by atoms with van der Waals surface area (Å²) in [6.07, 6.45) is 1.83. The Labute approximate surface area is 134 Å². The van der Waals surface area contributed by atoms with Gasteiger partial charge in [-0.1, -0.05) is 43.1 Å². The van der Waals surface area contributed by atoms with Crippen molar-refractivity contribution in [1.29, 1.82) is 5.26 Å². The van der Waals surface area contributed by atoms with E-state index in [-0.39, 0.29) is 5.41 Å². The molecule has 0 aliphatic rings. The Morgan fingerprint density at radius 1 is 1.29 bits per heavy atom. The molecule has 1 aromatic heterocycles. The standard InChI is InChI=1S/C16H17Cl2N3/c1-10-8-20-15(12(10)7-19)21-9-16(2,3)11-4-5-13(17)14(18)6-11/h4-6,8,20-21H,9H2,1-3H3. The van der Waals surface area contributed by atoms with Crippen molar-refractivity contribution < 1.29 is 0 Å². The molecule has 1 aromatic carbocycles. The fourth-order valence-electron chi connectivity index (χ4n) is 2.13. The number of aromatic amines is 1. The van der Waals surface area contributed by atoms with Crippen LogP contribution < -0.4 is 5.32 Å². The van der Waals surface area contributed by atoms with Crippen LogP contribution in [0.15, 0.2) is 24.4 Å². The second-order valence-electron chi connectivity index (χ2n) is 5.70. The van der Waals surface area contributed by atoms with Crippen molar-refractivity contribution in [2.75, 3.05) is 11.9 Å². The molecule has 2 N–H and O–H groups in total. The number of benzene rings is 1. The maximum atomic E-state index is 9.16. The van der Waals surface area contributed by atoms with Crippen LogP contribution in [0, 0.1) is 18.3 Å². The number of nitrogens with zero attached hydrogens (tertiary/aromatic N) is 1. The van der Waals surface area contributed by atoms with Gasteiger partial charge in [-0.3, -0.25) is 0 Å². The highest BCUT2D eigenvalue weighted by Gasteiger charge is 2.22. The molecule has 0 radical (unpaired) electrons. The number of rotatable bonds is 4. The van der Waals surface area contributed by atoms with E-state index in [2.05, 4.69) is 30.2 Å². The third kappa shape index (κ3) is 3.34. The monoisotopic (exact) mass is 321 g/mol. The van der Waals surface area contributed by atoms with Crippen molar-refractivity contribution >= 4 is 29.0 Å². The smallest absolute Gasteiger partial charge is 0.121 e. The molecule has 0 atom stereocenters. The van der Waals surface area contributed by atoms with E-state index in [1.807, 2.05) is 25.3 Å². The van der Waals surface area contributed by atoms with Crippen LogP contribution in [0.3, 0.4) is 0 Å². The van der Waals surface area contributed by atoms with Crippen LogP contribution in [0.5, 0.6) is 0 Å². The second kappa shape index (κ2) is 6.01. The lowest BCUT2D eigenvalue weighted by atomic mass is 9.84. The van der Waals surface area contributed by atoms with Gasteiger partial charge in [-0.05, 0) is 30.2 Å². The zero-order valence-electron chi connectivity index (χ0n) is 12.2. The Kier molecular flexibility index (Phi) is 4.51. The van der Waals surface area contributed by atoms with Crippen LogP contribution in [-0.2, 0) is 5.41 Å². The van der Waals surface area contributed by atoms with Crippen molar-refractivity contribution in [2.24, 2.45) is 0 Å². The number of H-pyrrole nitrogens is 1. The second-order valence-corrected chi connectivity index (χ2v) is 6.51. The first kappa shape index (κ1) is 15.8. The zero-order chi connectivity index (χ0) is 15.6. The molecule has 2 rings (SSSR count). The molecule has 2 aromatic rings. The number of nitrogens with one attached hydrogen (secondary N) is 2. The summed E-state index contributed by atoms with van der Waals surface area (Å²) in [5, 5.41) is 13.6. The van der Waals surface area contributed by atoms with Crippen LogP contribution >= 0.6 is 23.2 Å². The van der Waals surface area contributed by atoms with Gasteiger partial charge in [0.2, 0.25) is 0 Å². The van der Waals surface area contributed by atoms with Gasteiger partial charge in [0.05, 0.1) is 15.6 Å². The molecule has 1 heterocycles. The molecular weight excluding hydrogens is 305 g/mol. The Morgan fingerprint density at radius 2 is 2.00 bits per heavy atom. The molecule has 110 valence electrons. The summed E-state index contributed by atoms with van der Waals surface area (Å²) in [4.78, 5) is 3.09. The minimum atomic E-state index is -0.153. The number of hydrogen-bond acceptors (Lipinski definition) is 2. The highest BCUT2D eigenvalue weighted by molar-refractivity contribution is 6.42. The van der Waals surface area contributed by atoms with Crippen LogP contribution in [0.4, 0.5) is 5.82 Å². The molecule has 0 unspecified atom stereocenters. The number of anilines is 1. The summed E-state index contributed by atoms with van der Waals surface area (Å²) in [5.74, 6) is 0.753. The lowest BCUT2D eigenvalue weighted by Crippen LogP contribution is -2.28. The van der Waals surface area contributed by atoms with Crippen LogP contribution in [0.1, 0.15) is 30.5 Å². The van der Waals surface area contributed by atoms with E-state index in [0.717, 1.165) is 16.9 Å². The van der Waals surface area contributed by atoms with Crippen molar-refractivity contribution in [2.45, 2.75) is 26.2 Å². The van der Waals surface area contributed by atoms with E-state index < -0.39 is 0 Å². The Balaban J connectivity index is 2.17. The van der Waals surface area contributed by atoms with E-state index in [4.69, 9.17) is 28.5 Å². The van der Waals surface area contributed by atoms with Gasteiger partial charge in [0.15, 0.2) is 0 Å². The SMILES string of the molecule is Cc1c[nH]c(NCC(C)(C)c2ccc(Cl)c(Cl)c2)c1C#N. The molecule has 0 saturated heterocycles. The van der Waals surface area contributed by atoms with Gasteiger partial charge in [-0.15, -0.1) is 0 Å². The number of aryl methyl sites for hydroxylation is 1. The zero-order valence-corrected chi connectivity index (χ0v) is 13.7. The van der Waals surface area contributed by atoms with E-state index >= 15 is 0 Å². The molecule has 21 heavy (non-hydrogen) atoms. The van der Waals surface area contributed by atoms with Crippen molar-refractivity contribution in [3.63, 3.8) is 0 Å². The van der Waals surface area contributed by atoms with E-state index in [1.165, 1.54) is 0 Å². The summed E-state index contributed by atoms with van der Waals surface area (Å²) in [5.41, 5.74) is 2.53. The number of aromatic nitrogens is 1. The predicted molar refractivity (Wildman–Crippen MR) is 88.2 cm³/mol. The van der Waals surface area contributed by atoms with Gasteiger partial charge < -0.3 is 10.3 Å². The van der Waals surface area contributed by atoms with Crippen molar-refractivity contribution in [3.8, 4) is 6.07 Å². The van der Waals surface area contributed by atoms with Crippen molar-refractivity contribution in [1.82, 2.24) is 4.98 Å². The summed E-state index contributed by atoms with van der Waals surface area (Å²) >= 11 is 12.0. The molecule has 5 heteroatoms. The fourth-order valence-corrected chi connectivity index (χ4v) is 2.43. The number of hydrogen-bond donors (Lipinski definition) is 2. The van der Waals surface area contributed by atoms with E-state index in [1.54, 1.807) is 6.07 Å². The molecule has 0 fully saturated rings. The molecule has 0 amide bonds. The molecule has 0 bridgehead atoms. The minimum absolute atomic E-state index is 0.153. The van der Waals surface area contributed by atoms with Crippen molar-refractivity contribution in [3.05, 3.63) is 51.1 Å². The Hall–Kier alpha value is -1.63. The average molecular weight is 322 g/mol. The molecular formula is C16H17Cl2N3. The van der Waals surface area contributed by atoms with Gasteiger partial charge in [0.25, 0.3) is 0 Å². The highest BCUT2D eigenvalue weighted by Crippen LogP contribution is 2.30. The summed E-state index contributed by atoms with van der Waals surface area (Å²) in [6.45, 7) is 6.80. The Bertz CT molecular complexity index is 696. The fraction of sp³-hybridized carbons (Fsp3) is 0.312. The Morgan fingerprint density at radius 3 is 2.62 bits per heavy atom. The predicted octanol–water partition coefficient (Wildman–Crippen LogP) is 4.89. The summed E-state index contributed by atoms with van der Waals surface area (Å²) < 4.78 is 0. The normalized spacial score (nSPS) is 11.2. The van der Waals surface area contributed by atoms with Gasteiger partial charge in [-0.25, -0.2) is 0 Å². The number of nitriles is 1. The van der Waals surface area contributed by atoms with Crippen LogP contribution in [0.2, 0.25) is 10.0 Å². The molecule has 0 spiro atoms. The molecule has 0 saturated carbocycles. The first-order chi connectivity index (χ1) is 9.85. The summed E-state index contributed by atoms with van der Waals surface area (Å²) in [7, 11) is 0. The van der Waals surface area contributed by atoms with Gasteiger partial charge in [0, 0.05) is 18.2 Å². The highest BCUT2D eigenvalue weighted by atomic mass is 35.5. The quantitative estimate of drug-likeness (QED) is 0.842.